The van der Waals surface area contributed by atoms with Crippen LogP contribution in [0.5, 0.6) is 5.75 Å². The van der Waals surface area contributed by atoms with Crippen molar-refractivity contribution in [2.45, 2.75) is 32.2 Å². The smallest absolute Gasteiger partial charge is 0.406 e. The summed E-state index contributed by atoms with van der Waals surface area (Å²) in [4.78, 5) is 2.22. The van der Waals surface area contributed by atoms with Gasteiger partial charge in [-0.05, 0) is 49.9 Å². The van der Waals surface area contributed by atoms with Gasteiger partial charge in [0.15, 0.2) is 0 Å². The molecular formula is C16H23F3N2O3S. The maximum absolute atomic E-state index is 12.2. The standard InChI is InChI=1S/C16H23F3N2O3S/c1-12(14-5-7-15(8-6-14)24-16(17,18)19)21-9-3-4-13(11-21)10-20-25(2,22)23/h5-8,12-13,20H,3-4,9-11H2,1-2H3. The van der Waals surface area contributed by atoms with Gasteiger partial charge >= 0.3 is 6.36 Å². The van der Waals surface area contributed by atoms with E-state index < -0.39 is 16.4 Å². The van der Waals surface area contributed by atoms with Crippen LogP contribution in [0.2, 0.25) is 0 Å². The molecule has 1 heterocycles. The number of likely N-dealkylation sites (tertiary alicyclic amines) is 1. The normalized spacial score (nSPS) is 21.1. The number of halogens is 3. The molecule has 0 saturated carbocycles. The largest absolute Gasteiger partial charge is 0.573 e. The molecule has 0 bridgehead atoms. The van der Waals surface area contributed by atoms with Crippen molar-refractivity contribution in [3.05, 3.63) is 29.8 Å². The van der Waals surface area contributed by atoms with Gasteiger partial charge in [-0.1, -0.05) is 12.1 Å². The molecule has 2 unspecified atom stereocenters. The predicted molar refractivity (Wildman–Crippen MR) is 88.7 cm³/mol. The van der Waals surface area contributed by atoms with E-state index in [1.165, 1.54) is 12.1 Å². The minimum absolute atomic E-state index is 0.0287. The van der Waals surface area contributed by atoms with Gasteiger partial charge in [0.05, 0.1) is 6.26 Å². The molecule has 2 atom stereocenters. The summed E-state index contributed by atoms with van der Waals surface area (Å²) >= 11 is 0. The lowest BCUT2D eigenvalue weighted by molar-refractivity contribution is -0.274. The summed E-state index contributed by atoms with van der Waals surface area (Å²) in [7, 11) is -3.21. The number of ether oxygens (including phenoxy) is 1. The number of nitrogens with zero attached hydrogens (tertiary/aromatic N) is 1. The molecule has 0 aromatic heterocycles. The Morgan fingerprint density at radius 3 is 2.52 bits per heavy atom. The highest BCUT2D eigenvalue weighted by atomic mass is 32.2. The van der Waals surface area contributed by atoms with Crippen LogP contribution in [-0.2, 0) is 10.0 Å². The van der Waals surface area contributed by atoms with Crippen molar-refractivity contribution < 1.29 is 26.3 Å². The average Bonchev–Trinajstić information content (AvgIpc) is 2.51. The second kappa shape index (κ2) is 7.92. The molecule has 1 N–H and O–H groups in total. The van der Waals surface area contributed by atoms with E-state index >= 15 is 0 Å². The van der Waals surface area contributed by atoms with Gasteiger partial charge in [0.1, 0.15) is 5.75 Å². The molecule has 0 aliphatic carbocycles. The fraction of sp³-hybridized carbons (Fsp3) is 0.625. The highest BCUT2D eigenvalue weighted by molar-refractivity contribution is 7.88. The molecule has 9 heteroatoms. The van der Waals surface area contributed by atoms with E-state index in [9.17, 15) is 21.6 Å². The van der Waals surface area contributed by atoms with Crippen LogP contribution in [0, 0.1) is 5.92 Å². The van der Waals surface area contributed by atoms with E-state index in [1.54, 1.807) is 12.1 Å². The van der Waals surface area contributed by atoms with Gasteiger partial charge in [0, 0.05) is 19.1 Å². The summed E-state index contributed by atoms with van der Waals surface area (Å²) in [5.41, 5.74) is 0.895. The molecule has 0 radical (unpaired) electrons. The Labute approximate surface area is 146 Å². The third-order valence-corrected chi connectivity index (χ3v) is 5.02. The molecule has 0 spiro atoms. The highest BCUT2D eigenvalue weighted by Gasteiger charge is 2.31. The molecule has 1 aliphatic rings. The molecule has 1 aromatic carbocycles. The Bertz CT molecular complexity index is 662. The number of hydrogen-bond acceptors (Lipinski definition) is 4. The summed E-state index contributed by atoms with van der Waals surface area (Å²) < 4.78 is 65.5. The van der Waals surface area contributed by atoms with Crippen LogP contribution in [0.15, 0.2) is 24.3 Å². The Morgan fingerprint density at radius 2 is 1.96 bits per heavy atom. The average molecular weight is 380 g/mol. The van der Waals surface area contributed by atoms with Crippen LogP contribution in [0.1, 0.15) is 31.4 Å². The second-order valence-corrected chi connectivity index (χ2v) is 8.25. The maximum Gasteiger partial charge on any atom is 0.573 e. The number of benzene rings is 1. The summed E-state index contributed by atoms with van der Waals surface area (Å²) in [5.74, 6) is -0.0175. The van der Waals surface area contributed by atoms with E-state index in [2.05, 4.69) is 14.4 Å². The molecule has 2 rings (SSSR count). The lowest BCUT2D eigenvalue weighted by Crippen LogP contribution is -2.41. The summed E-state index contributed by atoms with van der Waals surface area (Å²) in [5, 5.41) is 0. The molecule has 1 fully saturated rings. The number of rotatable bonds is 6. The van der Waals surface area contributed by atoms with Crippen molar-refractivity contribution in [3.63, 3.8) is 0 Å². The SMILES string of the molecule is CC(c1ccc(OC(F)(F)F)cc1)N1CCCC(CNS(C)(=O)=O)C1. The Balaban J connectivity index is 1.96. The zero-order valence-electron chi connectivity index (χ0n) is 14.2. The van der Waals surface area contributed by atoms with E-state index in [0.29, 0.717) is 6.54 Å². The molecule has 5 nitrogen and oxygen atoms in total. The predicted octanol–water partition coefficient (Wildman–Crippen LogP) is 2.91. The van der Waals surface area contributed by atoms with Crippen LogP contribution in [-0.4, -0.2) is 45.6 Å². The lowest BCUT2D eigenvalue weighted by atomic mass is 9.95. The van der Waals surface area contributed by atoms with Gasteiger partial charge < -0.3 is 4.74 Å². The van der Waals surface area contributed by atoms with Crippen LogP contribution >= 0.6 is 0 Å². The van der Waals surface area contributed by atoms with Crippen LogP contribution in [0.3, 0.4) is 0 Å². The summed E-state index contributed by atoms with van der Waals surface area (Å²) in [6.07, 6.45) is -1.65. The summed E-state index contributed by atoms with van der Waals surface area (Å²) in [6.45, 7) is 4.01. The fourth-order valence-electron chi connectivity index (χ4n) is 3.04. The van der Waals surface area contributed by atoms with E-state index in [1.807, 2.05) is 6.92 Å². The number of sulfonamides is 1. The molecule has 1 aliphatic heterocycles. The first-order chi connectivity index (χ1) is 11.5. The third-order valence-electron chi connectivity index (χ3n) is 4.33. The molecular weight excluding hydrogens is 357 g/mol. The second-order valence-electron chi connectivity index (χ2n) is 6.42. The molecule has 142 valence electrons. The first kappa shape index (κ1) is 20.0. The topological polar surface area (TPSA) is 58.6 Å². The minimum Gasteiger partial charge on any atom is -0.406 e. The van der Waals surface area contributed by atoms with E-state index in [4.69, 9.17) is 0 Å². The Hall–Kier alpha value is -1.32. The number of alkyl halides is 3. The van der Waals surface area contributed by atoms with Gasteiger partial charge in [-0.25, -0.2) is 13.1 Å². The monoisotopic (exact) mass is 380 g/mol. The van der Waals surface area contributed by atoms with E-state index in [0.717, 1.165) is 37.8 Å². The highest BCUT2D eigenvalue weighted by Crippen LogP contribution is 2.29. The number of hydrogen-bond donors (Lipinski definition) is 1. The zero-order chi connectivity index (χ0) is 18.7. The first-order valence-electron chi connectivity index (χ1n) is 8.08. The van der Waals surface area contributed by atoms with Crippen LogP contribution < -0.4 is 9.46 Å². The van der Waals surface area contributed by atoms with Crippen molar-refractivity contribution in [2.75, 3.05) is 25.9 Å². The van der Waals surface area contributed by atoms with Crippen molar-refractivity contribution in [1.29, 1.82) is 0 Å². The quantitative estimate of drug-likeness (QED) is 0.825. The lowest BCUT2D eigenvalue weighted by Gasteiger charge is -2.37. The molecule has 1 saturated heterocycles. The van der Waals surface area contributed by atoms with Gasteiger partial charge in [0.25, 0.3) is 0 Å². The van der Waals surface area contributed by atoms with Crippen molar-refractivity contribution >= 4 is 10.0 Å². The van der Waals surface area contributed by atoms with Gasteiger partial charge in [-0.3, -0.25) is 4.90 Å². The van der Waals surface area contributed by atoms with Gasteiger partial charge in [-0.15, -0.1) is 13.2 Å². The fourth-order valence-corrected chi connectivity index (χ4v) is 3.58. The van der Waals surface area contributed by atoms with Crippen LogP contribution in [0.25, 0.3) is 0 Å². The van der Waals surface area contributed by atoms with Crippen molar-refractivity contribution in [3.8, 4) is 5.75 Å². The minimum atomic E-state index is -4.69. The maximum atomic E-state index is 12.2. The molecule has 1 aromatic rings. The van der Waals surface area contributed by atoms with Gasteiger partial charge in [0.2, 0.25) is 10.0 Å². The molecule has 0 amide bonds. The number of piperidine rings is 1. The number of nitrogens with one attached hydrogen (secondary N) is 1. The van der Waals surface area contributed by atoms with Gasteiger partial charge in [-0.2, -0.15) is 0 Å². The van der Waals surface area contributed by atoms with Crippen LogP contribution in [0.4, 0.5) is 13.2 Å². The molecule has 25 heavy (non-hydrogen) atoms. The van der Waals surface area contributed by atoms with Crippen molar-refractivity contribution in [2.24, 2.45) is 5.92 Å². The Morgan fingerprint density at radius 1 is 1.32 bits per heavy atom. The zero-order valence-corrected chi connectivity index (χ0v) is 15.0. The third kappa shape index (κ3) is 6.83. The van der Waals surface area contributed by atoms with Crippen molar-refractivity contribution in [1.82, 2.24) is 9.62 Å². The summed E-state index contributed by atoms with van der Waals surface area (Å²) in [6, 6.07) is 5.91. The first-order valence-corrected chi connectivity index (χ1v) is 9.97. The Kier molecular flexibility index (Phi) is 6.34. The van der Waals surface area contributed by atoms with E-state index in [-0.39, 0.29) is 17.7 Å².